The minimum atomic E-state index is -0.264. The lowest BCUT2D eigenvalue weighted by molar-refractivity contribution is 0.291. The van der Waals surface area contributed by atoms with Gasteiger partial charge in [0.05, 0.1) is 15.9 Å². The third-order valence-corrected chi connectivity index (χ3v) is 4.43. The third-order valence-electron chi connectivity index (χ3n) is 2.79. The highest BCUT2D eigenvalue weighted by molar-refractivity contribution is 9.10. The van der Waals surface area contributed by atoms with Crippen LogP contribution in [0, 0.1) is 12.7 Å². The summed E-state index contributed by atoms with van der Waals surface area (Å²) >= 11 is 6.82. The molecule has 0 saturated carbocycles. The number of rotatable bonds is 4. The zero-order valence-corrected chi connectivity index (χ0v) is 13.8. The van der Waals surface area contributed by atoms with Gasteiger partial charge < -0.3 is 4.74 Å². The Morgan fingerprint density at radius 1 is 1.42 bits per heavy atom. The molecular weight excluding hydrogens is 379 g/mol. The van der Waals surface area contributed by atoms with Crippen molar-refractivity contribution in [2.24, 2.45) is 7.05 Å². The van der Waals surface area contributed by atoms with E-state index in [4.69, 9.17) is 4.74 Å². The molecule has 0 bridgehead atoms. The van der Waals surface area contributed by atoms with Gasteiger partial charge in [0, 0.05) is 17.9 Å². The Morgan fingerprint density at radius 2 is 2.16 bits per heavy atom. The summed E-state index contributed by atoms with van der Waals surface area (Å²) < 4.78 is 21.6. The van der Waals surface area contributed by atoms with Crippen LogP contribution in [0.4, 0.5) is 4.39 Å². The van der Waals surface area contributed by atoms with E-state index < -0.39 is 0 Å². The normalized spacial score (nSPS) is 10.8. The summed E-state index contributed by atoms with van der Waals surface area (Å²) in [5, 5.41) is 4.85. The fourth-order valence-corrected chi connectivity index (χ4v) is 2.66. The van der Waals surface area contributed by atoms with E-state index in [1.165, 1.54) is 12.1 Å². The lowest BCUT2D eigenvalue weighted by atomic mass is 10.2. The average molecular weight is 392 g/mol. The summed E-state index contributed by atoms with van der Waals surface area (Å²) in [5.41, 5.74) is 2.65. The molecule has 0 fully saturated rings. The number of alkyl halides is 1. The van der Waals surface area contributed by atoms with Crippen molar-refractivity contribution in [2.75, 3.05) is 0 Å². The van der Waals surface area contributed by atoms with Crippen molar-refractivity contribution in [2.45, 2.75) is 18.9 Å². The van der Waals surface area contributed by atoms with Gasteiger partial charge in [0.1, 0.15) is 18.2 Å². The lowest BCUT2D eigenvalue weighted by Gasteiger charge is -2.10. The molecule has 0 aliphatic carbocycles. The van der Waals surface area contributed by atoms with Crippen LogP contribution in [0.1, 0.15) is 17.0 Å². The maximum absolute atomic E-state index is 13.1. The molecule has 0 radical (unpaired) electrons. The van der Waals surface area contributed by atoms with E-state index in [0.717, 1.165) is 21.4 Å². The monoisotopic (exact) mass is 390 g/mol. The topological polar surface area (TPSA) is 27.1 Å². The van der Waals surface area contributed by atoms with E-state index in [1.54, 1.807) is 10.7 Å². The summed E-state index contributed by atoms with van der Waals surface area (Å²) in [6, 6.07) is 4.50. The molecule has 0 aliphatic heterocycles. The number of hydrogen-bond acceptors (Lipinski definition) is 2. The highest BCUT2D eigenvalue weighted by Crippen LogP contribution is 2.25. The molecule has 0 amide bonds. The Kier molecular flexibility index (Phi) is 4.62. The van der Waals surface area contributed by atoms with Gasteiger partial charge in [-0.2, -0.15) is 5.10 Å². The maximum atomic E-state index is 13.1. The molecule has 102 valence electrons. The molecule has 1 aromatic heterocycles. The van der Waals surface area contributed by atoms with Crippen LogP contribution >= 0.6 is 31.9 Å². The summed E-state index contributed by atoms with van der Waals surface area (Å²) in [5.74, 6) is 0.406. The fourth-order valence-electron chi connectivity index (χ4n) is 1.78. The van der Waals surface area contributed by atoms with Crippen molar-refractivity contribution < 1.29 is 9.13 Å². The number of aryl methyl sites for hydroxylation is 2. The second-order valence-corrected chi connectivity index (χ2v) is 5.50. The minimum absolute atomic E-state index is 0.264. The third kappa shape index (κ3) is 3.17. The van der Waals surface area contributed by atoms with E-state index in [1.807, 2.05) is 14.0 Å². The van der Waals surface area contributed by atoms with Crippen molar-refractivity contribution in [1.29, 1.82) is 0 Å². The second-order valence-electron chi connectivity index (χ2n) is 4.14. The minimum Gasteiger partial charge on any atom is -0.487 e. The van der Waals surface area contributed by atoms with Gasteiger partial charge in [-0.05, 0) is 41.1 Å². The first-order valence-corrected chi connectivity index (χ1v) is 7.59. The number of ether oxygens (including phenoxy) is 1. The standard InChI is InChI=1S/C13H13Br2FN2O/c1-8-13(15)11(18(2)17-8)7-19-12-4-3-10(16)5-9(12)6-14/h3-5H,6-7H2,1-2H3. The van der Waals surface area contributed by atoms with E-state index in [0.29, 0.717) is 17.7 Å². The summed E-state index contributed by atoms with van der Waals surface area (Å²) in [6.45, 7) is 2.30. The average Bonchev–Trinajstić information content (AvgIpc) is 2.62. The van der Waals surface area contributed by atoms with Gasteiger partial charge in [0.25, 0.3) is 0 Å². The quantitative estimate of drug-likeness (QED) is 0.733. The van der Waals surface area contributed by atoms with Gasteiger partial charge in [0.2, 0.25) is 0 Å². The number of aromatic nitrogens is 2. The molecule has 2 rings (SSSR count). The number of benzene rings is 1. The smallest absolute Gasteiger partial charge is 0.131 e. The van der Waals surface area contributed by atoms with Gasteiger partial charge in [-0.25, -0.2) is 4.39 Å². The maximum Gasteiger partial charge on any atom is 0.131 e. The number of halogens is 3. The zero-order chi connectivity index (χ0) is 14.0. The zero-order valence-electron chi connectivity index (χ0n) is 10.6. The van der Waals surface area contributed by atoms with E-state index in [2.05, 4.69) is 37.0 Å². The van der Waals surface area contributed by atoms with Crippen LogP contribution in [-0.2, 0) is 19.0 Å². The van der Waals surface area contributed by atoms with Crippen molar-refractivity contribution in [3.05, 3.63) is 45.4 Å². The predicted molar refractivity (Wildman–Crippen MR) is 79.0 cm³/mol. The van der Waals surface area contributed by atoms with Crippen LogP contribution in [0.5, 0.6) is 5.75 Å². The van der Waals surface area contributed by atoms with Crippen LogP contribution in [0.2, 0.25) is 0 Å². The summed E-state index contributed by atoms with van der Waals surface area (Å²) in [4.78, 5) is 0. The van der Waals surface area contributed by atoms with Gasteiger partial charge in [-0.3, -0.25) is 4.68 Å². The molecule has 6 heteroatoms. The number of nitrogens with zero attached hydrogens (tertiary/aromatic N) is 2. The Balaban J connectivity index is 2.19. The van der Waals surface area contributed by atoms with E-state index >= 15 is 0 Å². The van der Waals surface area contributed by atoms with Crippen LogP contribution < -0.4 is 4.74 Å². The molecule has 0 unspecified atom stereocenters. The lowest BCUT2D eigenvalue weighted by Crippen LogP contribution is -2.04. The summed E-state index contributed by atoms with van der Waals surface area (Å²) in [6.07, 6.45) is 0. The molecule has 1 aromatic carbocycles. The van der Waals surface area contributed by atoms with Crippen LogP contribution in [-0.4, -0.2) is 9.78 Å². The molecule has 19 heavy (non-hydrogen) atoms. The molecule has 2 aromatic rings. The second kappa shape index (κ2) is 6.05. The molecule has 0 N–H and O–H groups in total. The van der Waals surface area contributed by atoms with Crippen LogP contribution in [0.3, 0.4) is 0 Å². The Hall–Kier alpha value is -0.880. The Morgan fingerprint density at radius 3 is 2.74 bits per heavy atom. The van der Waals surface area contributed by atoms with Crippen molar-refractivity contribution in [3.63, 3.8) is 0 Å². The van der Waals surface area contributed by atoms with E-state index in [-0.39, 0.29) is 5.82 Å². The van der Waals surface area contributed by atoms with Crippen LogP contribution in [0.15, 0.2) is 22.7 Å². The van der Waals surface area contributed by atoms with Gasteiger partial charge in [-0.15, -0.1) is 0 Å². The van der Waals surface area contributed by atoms with Gasteiger partial charge >= 0.3 is 0 Å². The van der Waals surface area contributed by atoms with Crippen molar-refractivity contribution in [3.8, 4) is 5.75 Å². The highest BCUT2D eigenvalue weighted by Gasteiger charge is 2.12. The largest absolute Gasteiger partial charge is 0.487 e. The van der Waals surface area contributed by atoms with Crippen LogP contribution in [0.25, 0.3) is 0 Å². The Bertz CT molecular complexity index is 599. The van der Waals surface area contributed by atoms with E-state index in [9.17, 15) is 4.39 Å². The van der Waals surface area contributed by atoms with Crippen molar-refractivity contribution in [1.82, 2.24) is 9.78 Å². The van der Waals surface area contributed by atoms with Gasteiger partial charge in [0.15, 0.2) is 0 Å². The summed E-state index contributed by atoms with van der Waals surface area (Å²) in [7, 11) is 1.87. The molecule has 0 spiro atoms. The first-order valence-electron chi connectivity index (χ1n) is 5.68. The molecule has 3 nitrogen and oxygen atoms in total. The fraction of sp³-hybridized carbons (Fsp3) is 0.308. The molecule has 1 heterocycles. The van der Waals surface area contributed by atoms with Gasteiger partial charge in [-0.1, -0.05) is 15.9 Å². The SMILES string of the molecule is Cc1nn(C)c(COc2ccc(F)cc2CBr)c1Br. The first-order chi connectivity index (χ1) is 9.02. The molecule has 0 saturated heterocycles. The highest BCUT2D eigenvalue weighted by atomic mass is 79.9. The number of hydrogen-bond donors (Lipinski definition) is 0. The molecule has 0 aliphatic rings. The first kappa shape index (κ1) is 14.5. The molecular formula is C13H13Br2FN2O. The predicted octanol–water partition coefficient (Wildman–Crippen LogP) is 4.10. The Labute approximate surface area is 128 Å². The van der Waals surface area contributed by atoms with Crippen molar-refractivity contribution >= 4 is 31.9 Å². The molecule has 0 atom stereocenters.